The number of hydrogen-bond donors (Lipinski definition) is 1. The van der Waals surface area contributed by atoms with E-state index in [1.807, 2.05) is 0 Å². The standard InChI is InChI=1S/C12H20N2S2/c13-7-6-10-8-16-12(14-10)9-15-11-4-2-1-3-5-11/h8,11H,1-7,9,13H2. The van der Waals surface area contributed by atoms with Gasteiger partial charge in [0.15, 0.2) is 0 Å². The maximum atomic E-state index is 5.52. The molecule has 1 saturated carbocycles. The van der Waals surface area contributed by atoms with E-state index in [0.717, 1.165) is 17.4 Å². The third-order valence-corrected chi connectivity index (χ3v) is 5.46. The van der Waals surface area contributed by atoms with E-state index in [-0.39, 0.29) is 0 Å². The molecule has 2 N–H and O–H groups in total. The summed E-state index contributed by atoms with van der Waals surface area (Å²) in [5, 5.41) is 4.32. The molecule has 0 saturated heterocycles. The summed E-state index contributed by atoms with van der Waals surface area (Å²) >= 11 is 3.89. The van der Waals surface area contributed by atoms with Gasteiger partial charge in [-0.05, 0) is 19.4 Å². The predicted octanol–water partition coefficient (Wildman–Crippen LogP) is 3.21. The van der Waals surface area contributed by atoms with Crippen molar-refractivity contribution in [1.29, 1.82) is 0 Å². The summed E-state index contributed by atoms with van der Waals surface area (Å²) in [5.41, 5.74) is 6.69. The molecule has 0 bridgehead atoms. The Balaban J connectivity index is 1.75. The molecule has 0 aliphatic heterocycles. The molecule has 0 amide bonds. The summed E-state index contributed by atoms with van der Waals surface area (Å²) in [6.07, 6.45) is 8.03. The maximum Gasteiger partial charge on any atom is 0.103 e. The Bertz CT molecular complexity index is 306. The number of thioether (sulfide) groups is 1. The van der Waals surface area contributed by atoms with E-state index >= 15 is 0 Å². The molecule has 0 radical (unpaired) electrons. The van der Waals surface area contributed by atoms with Crippen LogP contribution < -0.4 is 5.73 Å². The van der Waals surface area contributed by atoms with Gasteiger partial charge < -0.3 is 5.73 Å². The molecule has 2 rings (SSSR count). The smallest absolute Gasteiger partial charge is 0.103 e. The van der Waals surface area contributed by atoms with Crippen molar-refractivity contribution in [2.45, 2.75) is 49.5 Å². The van der Waals surface area contributed by atoms with Gasteiger partial charge in [-0.2, -0.15) is 11.8 Å². The fourth-order valence-electron chi connectivity index (χ4n) is 2.10. The average molecular weight is 256 g/mol. The lowest BCUT2D eigenvalue weighted by molar-refractivity contribution is 0.516. The molecular weight excluding hydrogens is 236 g/mol. The zero-order valence-electron chi connectivity index (χ0n) is 9.65. The predicted molar refractivity (Wildman–Crippen MR) is 73.0 cm³/mol. The lowest BCUT2D eigenvalue weighted by atomic mass is 10.0. The molecule has 2 nitrogen and oxygen atoms in total. The molecular formula is C12H20N2S2. The van der Waals surface area contributed by atoms with Crippen molar-refractivity contribution < 1.29 is 0 Å². The van der Waals surface area contributed by atoms with E-state index in [4.69, 9.17) is 5.73 Å². The fraction of sp³-hybridized carbons (Fsp3) is 0.750. The van der Waals surface area contributed by atoms with Crippen LogP contribution in [0.1, 0.15) is 42.8 Å². The molecule has 0 spiro atoms. The highest BCUT2D eigenvalue weighted by Gasteiger charge is 2.14. The number of nitrogens with zero attached hydrogens (tertiary/aromatic N) is 1. The summed E-state index contributed by atoms with van der Waals surface area (Å²) in [6, 6.07) is 0. The number of rotatable bonds is 5. The van der Waals surface area contributed by atoms with Crippen molar-refractivity contribution in [1.82, 2.24) is 4.98 Å². The van der Waals surface area contributed by atoms with Crippen molar-refractivity contribution in [3.63, 3.8) is 0 Å². The molecule has 1 fully saturated rings. The van der Waals surface area contributed by atoms with Gasteiger partial charge in [0.05, 0.1) is 5.69 Å². The molecule has 1 heterocycles. The molecule has 0 unspecified atom stereocenters. The van der Waals surface area contributed by atoms with Crippen molar-refractivity contribution in [2.75, 3.05) is 6.54 Å². The lowest BCUT2D eigenvalue weighted by Crippen LogP contribution is -2.08. The second kappa shape index (κ2) is 6.62. The molecule has 1 aromatic rings. The minimum absolute atomic E-state index is 0.707. The number of aromatic nitrogens is 1. The summed E-state index contributed by atoms with van der Waals surface area (Å²) in [6.45, 7) is 0.707. The Morgan fingerprint density at radius 2 is 2.19 bits per heavy atom. The first kappa shape index (κ1) is 12.4. The van der Waals surface area contributed by atoms with Gasteiger partial charge in [0.1, 0.15) is 5.01 Å². The van der Waals surface area contributed by atoms with E-state index in [0.29, 0.717) is 6.54 Å². The van der Waals surface area contributed by atoms with Crippen LogP contribution in [0.15, 0.2) is 5.38 Å². The van der Waals surface area contributed by atoms with Crippen molar-refractivity contribution in [3.05, 3.63) is 16.1 Å². The van der Waals surface area contributed by atoms with Gasteiger partial charge in [-0.1, -0.05) is 19.3 Å². The Hall–Kier alpha value is -0.0600. The van der Waals surface area contributed by atoms with Crippen LogP contribution in [-0.4, -0.2) is 16.8 Å². The minimum atomic E-state index is 0.707. The second-order valence-electron chi connectivity index (χ2n) is 4.34. The number of thiazole rings is 1. The largest absolute Gasteiger partial charge is 0.330 e. The van der Waals surface area contributed by atoms with Crippen molar-refractivity contribution >= 4 is 23.1 Å². The zero-order valence-corrected chi connectivity index (χ0v) is 11.3. The first-order valence-electron chi connectivity index (χ1n) is 6.13. The van der Waals surface area contributed by atoms with Gasteiger partial charge in [0.25, 0.3) is 0 Å². The topological polar surface area (TPSA) is 38.9 Å². The minimum Gasteiger partial charge on any atom is -0.330 e. The van der Waals surface area contributed by atoms with Crippen LogP contribution in [0.3, 0.4) is 0 Å². The monoisotopic (exact) mass is 256 g/mol. The summed E-state index contributed by atoms with van der Waals surface area (Å²) in [7, 11) is 0. The van der Waals surface area contributed by atoms with Crippen LogP contribution in [-0.2, 0) is 12.2 Å². The molecule has 4 heteroatoms. The van der Waals surface area contributed by atoms with Gasteiger partial charge >= 0.3 is 0 Å². The third-order valence-electron chi connectivity index (χ3n) is 2.99. The van der Waals surface area contributed by atoms with E-state index in [9.17, 15) is 0 Å². The Morgan fingerprint density at radius 1 is 1.38 bits per heavy atom. The molecule has 1 aliphatic rings. The van der Waals surface area contributed by atoms with Crippen LogP contribution in [0.25, 0.3) is 0 Å². The number of hydrogen-bond acceptors (Lipinski definition) is 4. The lowest BCUT2D eigenvalue weighted by Gasteiger charge is -2.20. The molecule has 1 aromatic heterocycles. The van der Waals surface area contributed by atoms with Crippen molar-refractivity contribution in [2.24, 2.45) is 5.73 Å². The Labute approximate surface area is 106 Å². The normalized spacial score (nSPS) is 17.8. The van der Waals surface area contributed by atoms with Crippen LogP contribution in [0, 0.1) is 0 Å². The summed E-state index contributed by atoms with van der Waals surface area (Å²) in [5.74, 6) is 1.10. The Kier molecular flexibility index (Phi) is 5.13. The molecule has 0 atom stereocenters. The fourth-order valence-corrected chi connectivity index (χ4v) is 4.30. The maximum absolute atomic E-state index is 5.52. The summed E-state index contributed by atoms with van der Waals surface area (Å²) < 4.78 is 0. The quantitative estimate of drug-likeness (QED) is 0.879. The van der Waals surface area contributed by atoms with Gasteiger partial charge in [-0.15, -0.1) is 11.3 Å². The Morgan fingerprint density at radius 3 is 2.94 bits per heavy atom. The van der Waals surface area contributed by atoms with E-state index < -0.39 is 0 Å². The highest BCUT2D eigenvalue weighted by atomic mass is 32.2. The van der Waals surface area contributed by atoms with Crippen LogP contribution in [0.2, 0.25) is 0 Å². The van der Waals surface area contributed by atoms with E-state index in [2.05, 4.69) is 22.1 Å². The van der Waals surface area contributed by atoms with Crippen LogP contribution in [0.5, 0.6) is 0 Å². The first-order chi connectivity index (χ1) is 7.88. The second-order valence-corrected chi connectivity index (χ2v) is 6.57. The molecule has 90 valence electrons. The molecule has 0 aromatic carbocycles. The van der Waals surface area contributed by atoms with Gasteiger partial charge in [0, 0.05) is 22.8 Å². The average Bonchev–Trinajstić information content (AvgIpc) is 2.76. The zero-order chi connectivity index (χ0) is 11.2. The van der Waals surface area contributed by atoms with Gasteiger partial charge in [-0.25, -0.2) is 4.98 Å². The van der Waals surface area contributed by atoms with Gasteiger partial charge in [-0.3, -0.25) is 0 Å². The van der Waals surface area contributed by atoms with Gasteiger partial charge in [0.2, 0.25) is 0 Å². The highest BCUT2D eigenvalue weighted by molar-refractivity contribution is 7.99. The third kappa shape index (κ3) is 3.75. The van der Waals surface area contributed by atoms with Crippen molar-refractivity contribution in [3.8, 4) is 0 Å². The SMILES string of the molecule is NCCc1csc(CSC2CCCCC2)n1. The van der Waals surface area contributed by atoms with E-state index in [1.54, 1.807) is 11.3 Å². The van der Waals surface area contributed by atoms with E-state index in [1.165, 1.54) is 42.8 Å². The first-order valence-corrected chi connectivity index (χ1v) is 8.06. The highest BCUT2D eigenvalue weighted by Crippen LogP contribution is 2.31. The molecule has 1 aliphatic carbocycles. The molecule has 16 heavy (non-hydrogen) atoms. The number of nitrogens with two attached hydrogens (primary N) is 1. The van der Waals surface area contributed by atoms with Crippen LogP contribution >= 0.6 is 23.1 Å². The van der Waals surface area contributed by atoms with Crippen LogP contribution in [0.4, 0.5) is 0 Å². The summed E-state index contributed by atoms with van der Waals surface area (Å²) in [4.78, 5) is 4.60.